The summed E-state index contributed by atoms with van der Waals surface area (Å²) in [6.07, 6.45) is 0. The number of hydrogen-bond acceptors (Lipinski definition) is 3. The molecule has 0 heterocycles. The van der Waals surface area contributed by atoms with Gasteiger partial charge in [-0.1, -0.05) is 33.6 Å². The van der Waals surface area contributed by atoms with Gasteiger partial charge in [-0.05, 0) is 19.1 Å². The van der Waals surface area contributed by atoms with E-state index in [-0.39, 0.29) is 10.8 Å². The number of esters is 1. The molecule has 1 rings (SSSR count). The van der Waals surface area contributed by atoms with Crippen LogP contribution in [0.25, 0.3) is 0 Å². The number of carbonyl (C=O) groups excluding carboxylic acids is 1. The predicted octanol–water partition coefficient (Wildman–Crippen LogP) is 3.02. The molecule has 1 aromatic rings. The van der Waals surface area contributed by atoms with Gasteiger partial charge < -0.3 is 4.74 Å². The average molecular weight is 289 g/mol. The first-order valence-electron chi connectivity index (χ1n) is 4.55. The van der Waals surface area contributed by atoms with Crippen LogP contribution in [-0.2, 0) is 9.53 Å². The van der Waals surface area contributed by atoms with Gasteiger partial charge in [-0.25, -0.2) is 0 Å². The lowest BCUT2D eigenvalue weighted by Crippen LogP contribution is -2.17. The van der Waals surface area contributed by atoms with Gasteiger partial charge in [0.25, 0.3) is 0 Å². The number of thioether (sulfide) groups is 1. The third kappa shape index (κ3) is 4.26. The molecule has 15 heavy (non-hydrogen) atoms. The number of benzene rings is 1. The standard InChI is InChI=1S/C11H13BrO2S/c1-8-4-3-5-9(6-8)15-7-10(12)11(13)14-2/h3-6,10H,7H2,1-2H3. The average Bonchev–Trinajstić information content (AvgIpc) is 2.25. The van der Waals surface area contributed by atoms with Gasteiger partial charge in [-0.2, -0.15) is 0 Å². The molecule has 0 spiro atoms. The molecule has 0 aliphatic heterocycles. The molecule has 2 nitrogen and oxygen atoms in total. The van der Waals surface area contributed by atoms with Crippen LogP contribution in [0.1, 0.15) is 5.56 Å². The van der Waals surface area contributed by atoms with Crippen molar-refractivity contribution in [2.24, 2.45) is 0 Å². The van der Waals surface area contributed by atoms with Crippen molar-refractivity contribution in [2.75, 3.05) is 12.9 Å². The molecule has 0 saturated carbocycles. The molecule has 0 aromatic heterocycles. The van der Waals surface area contributed by atoms with E-state index in [9.17, 15) is 4.79 Å². The normalized spacial score (nSPS) is 12.2. The van der Waals surface area contributed by atoms with Gasteiger partial charge in [0.05, 0.1) is 7.11 Å². The fraction of sp³-hybridized carbons (Fsp3) is 0.364. The molecule has 1 atom stereocenters. The van der Waals surface area contributed by atoms with E-state index in [1.807, 2.05) is 12.1 Å². The highest BCUT2D eigenvalue weighted by Gasteiger charge is 2.14. The molecule has 0 bridgehead atoms. The maximum Gasteiger partial charge on any atom is 0.320 e. The Kier molecular flexibility index (Phi) is 5.19. The van der Waals surface area contributed by atoms with Gasteiger partial charge >= 0.3 is 5.97 Å². The third-order valence-electron chi connectivity index (χ3n) is 1.84. The number of carbonyl (C=O) groups is 1. The molecule has 0 radical (unpaired) electrons. The quantitative estimate of drug-likeness (QED) is 0.484. The van der Waals surface area contributed by atoms with Crippen LogP contribution in [0.15, 0.2) is 29.2 Å². The Morgan fingerprint density at radius 1 is 1.60 bits per heavy atom. The zero-order valence-electron chi connectivity index (χ0n) is 8.70. The molecular weight excluding hydrogens is 276 g/mol. The van der Waals surface area contributed by atoms with Crippen LogP contribution in [0.5, 0.6) is 0 Å². The monoisotopic (exact) mass is 288 g/mol. The van der Waals surface area contributed by atoms with E-state index in [1.54, 1.807) is 11.8 Å². The maximum atomic E-state index is 11.1. The summed E-state index contributed by atoms with van der Waals surface area (Å²) in [6.45, 7) is 2.05. The lowest BCUT2D eigenvalue weighted by Gasteiger charge is -2.07. The van der Waals surface area contributed by atoms with Crippen molar-refractivity contribution in [3.63, 3.8) is 0 Å². The van der Waals surface area contributed by atoms with Crippen molar-refractivity contribution in [2.45, 2.75) is 16.6 Å². The molecule has 0 saturated heterocycles. The number of alkyl halides is 1. The van der Waals surface area contributed by atoms with Gasteiger partial charge in [0, 0.05) is 10.6 Å². The van der Waals surface area contributed by atoms with Gasteiger partial charge in [-0.3, -0.25) is 4.79 Å². The van der Waals surface area contributed by atoms with Crippen LogP contribution >= 0.6 is 27.7 Å². The van der Waals surface area contributed by atoms with Crippen molar-refractivity contribution in [3.05, 3.63) is 29.8 Å². The van der Waals surface area contributed by atoms with Crippen LogP contribution in [0.2, 0.25) is 0 Å². The maximum absolute atomic E-state index is 11.1. The van der Waals surface area contributed by atoms with Crippen LogP contribution in [-0.4, -0.2) is 23.7 Å². The highest BCUT2D eigenvalue weighted by molar-refractivity contribution is 9.10. The van der Waals surface area contributed by atoms with E-state index in [4.69, 9.17) is 0 Å². The molecule has 1 unspecified atom stereocenters. The summed E-state index contributed by atoms with van der Waals surface area (Å²) < 4.78 is 4.62. The topological polar surface area (TPSA) is 26.3 Å². The zero-order chi connectivity index (χ0) is 11.3. The minimum absolute atomic E-state index is 0.227. The second kappa shape index (κ2) is 6.18. The Labute approximate surface area is 103 Å². The Bertz CT molecular complexity index is 341. The highest BCUT2D eigenvalue weighted by atomic mass is 79.9. The van der Waals surface area contributed by atoms with E-state index >= 15 is 0 Å². The summed E-state index contributed by atoms with van der Waals surface area (Å²) in [7, 11) is 1.40. The number of ether oxygens (including phenoxy) is 1. The SMILES string of the molecule is COC(=O)C(Br)CSc1cccc(C)c1. The molecule has 0 amide bonds. The number of aryl methyl sites for hydroxylation is 1. The summed E-state index contributed by atoms with van der Waals surface area (Å²) in [6, 6.07) is 8.20. The Morgan fingerprint density at radius 3 is 2.93 bits per heavy atom. The van der Waals surface area contributed by atoms with Crippen molar-refractivity contribution >= 4 is 33.7 Å². The fourth-order valence-electron chi connectivity index (χ4n) is 1.07. The molecule has 0 aliphatic rings. The van der Waals surface area contributed by atoms with Crippen molar-refractivity contribution in [3.8, 4) is 0 Å². The van der Waals surface area contributed by atoms with Crippen LogP contribution < -0.4 is 0 Å². The number of halogens is 1. The molecule has 4 heteroatoms. The summed E-state index contributed by atoms with van der Waals surface area (Å²) in [4.78, 5) is 12.0. The molecular formula is C11H13BrO2S. The first-order chi connectivity index (χ1) is 7.13. The summed E-state index contributed by atoms with van der Waals surface area (Å²) in [5.41, 5.74) is 1.23. The second-order valence-corrected chi connectivity index (χ2v) is 5.32. The number of rotatable bonds is 4. The Hall–Kier alpha value is -0.480. The number of hydrogen-bond donors (Lipinski definition) is 0. The van der Waals surface area contributed by atoms with Gasteiger partial charge in [0.15, 0.2) is 0 Å². The second-order valence-electron chi connectivity index (χ2n) is 3.12. The summed E-state index contributed by atoms with van der Waals surface area (Å²) in [5, 5.41) is 0. The molecule has 1 aromatic carbocycles. The minimum atomic E-state index is -0.243. The van der Waals surface area contributed by atoms with Crippen LogP contribution in [0, 0.1) is 6.92 Å². The van der Waals surface area contributed by atoms with Crippen molar-refractivity contribution in [1.29, 1.82) is 0 Å². The fourth-order valence-corrected chi connectivity index (χ4v) is 2.57. The first-order valence-corrected chi connectivity index (χ1v) is 6.45. The van der Waals surface area contributed by atoms with Crippen molar-refractivity contribution in [1.82, 2.24) is 0 Å². The van der Waals surface area contributed by atoms with E-state index in [2.05, 4.69) is 39.7 Å². The van der Waals surface area contributed by atoms with Crippen molar-refractivity contribution < 1.29 is 9.53 Å². The summed E-state index contributed by atoms with van der Waals surface area (Å²) in [5.74, 6) is 0.450. The van der Waals surface area contributed by atoms with E-state index in [0.29, 0.717) is 5.75 Å². The minimum Gasteiger partial charge on any atom is -0.468 e. The lowest BCUT2D eigenvalue weighted by atomic mass is 10.2. The predicted molar refractivity (Wildman–Crippen MR) is 66.6 cm³/mol. The van der Waals surface area contributed by atoms with E-state index < -0.39 is 0 Å². The smallest absolute Gasteiger partial charge is 0.320 e. The molecule has 0 N–H and O–H groups in total. The van der Waals surface area contributed by atoms with Gasteiger partial charge in [0.1, 0.15) is 4.83 Å². The van der Waals surface area contributed by atoms with Crippen LogP contribution in [0.4, 0.5) is 0 Å². The molecule has 82 valence electrons. The molecule has 0 fully saturated rings. The highest BCUT2D eigenvalue weighted by Crippen LogP contribution is 2.22. The van der Waals surface area contributed by atoms with Gasteiger partial charge in [-0.15, -0.1) is 11.8 Å². The third-order valence-corrected chi connectivity index (χ3v) is 4.06. The van der Waals surface area contributed by atoms with E-state index in [0.717, 1.165) is 0 Å². The number of methoxy groups -OCH3 is 1. The first kappa shape index (κ1) is 12.6. The lowest BCUT2D eigenvalue weighted by molar-refractivity contribution is -0.139. The summed E-state index contributed by atoms with van der Waals surface area (Å²) >= 11 is 4.92. The van der Waals surface area contributed by atoms with E-state index in [1.165, 1.54) is 17.6 Å². The van der Waals surface area contributed by atoms with Gasteiger partial charge in [0.2, 0.25) is 0 Å². The zero-order valence-corrected chi connectivity index (χ0v) is 11.1. The van der Waals surface area contributed by atoms with Crippen LogP contribution in [0.3, 0.4) is 0 Å². The molecule has 0 aliphatic carbocycles. The Morgan fingerprint density at radius 2 is 2.33 bits per heavy atom. The Balaban J connectivity index is 2.47. The largest absolute Gasteiger partial charge is 0.468 e.